The number of hydrogen-bond donors (Lipinski definition) is 1. The van der Waals surface area contributed by atoms with Crippen LogP contribution in [0.3, 0.4) is 0 Å². The number of nitrogens with one attached hydrogen (secondary N) is 1. The molecule has 1 aliphatic heterocycles. The summed E-state index contributed by atoms with van der Waals surface area (Å²) in [6.07, 6.45) is 1.23. The average molecular weight is 282 g/mol. The summed E-state index contributed by atoms with van der Waals surface area (Å²) in [5.74, 6) is 0.0883. The van der Waals surface area contributed by atoms with Crippen LogP contribution in [-0.2, 0) is 4.79 Å². The van der Waals surface area contributed by atoms with E-state index in [0.29, 0.717) is 21.5 Å². The van der Waals surface area contributed by atoms with Crippen LogP contribution in [0, 0.1) is 0 Å². The minimum atomic E-state index is -0.206. The second-order valence-corrected chi connectivity index (χ2v) is 4.09. The number of amides is 1. The number of halogens is 1. The summed E-state index contributed by atoms with van der Waals surface area (Å²) in [4.78, 5) is 22.6. The van der Waals surface area contributed by atoms with Gasteiger partial charge in [-0.05, 0) is 34.1 Å². The van der Waals surface area contributed by atoms with Crippen LogP contribution in [0.1, 0.15) is 10.4 Å². The molecule has 1 heterocycles. The number of ketones is 1. The molecule has 0 unspecified atom stereocenters. The Bertz CT molecular complexity index is 496. The minimum absolute atomic E-state index is 0.0314. The van der Waals surface area contributed by atoms with Gasteiger partial charge >= 0.3 is 0 Å². The Morgan fingerprint density at radius 1 is 1.56 bits per heavy atom. The Hall–Kier alpha value is -1.62. The molecule has 0 saturated heterocycles. The van der Waals surface area contributed by atoms with Gasteiger partial charge in [-0.3, -0.25) is 9.59 Å². The molecule has 2 rings (SSSR count). The number of allylic oxidation sites excluding steroid dienone is 1. The smallest absolute Gasteiger partial charge is 0.262 e. The van der Waals surface area contributed by atoms with E-state index in [1.165, 1.54) is 6.08 Å². The van der Waals surface area contributed by atoms with Gasteiger partial charge in [0.2, 0.25) is 0 Å². The number of carbonyl (C=O) groups is 2. The fourth-order valence-electron chi connectivity index (χ4n) is 1.40. The van der Waals surface area contributed by atoms with Crippen molar-refractivity contribution in [3.63, 3.8) is 0 Å². The molecule has 4 nitrogen and oxygen atoms in total. The average Bonchev–Trinajstić information content (AvgIpc) is 2.27. The number of anilines is 1. The number of carbonyl (C=O) groups excluding carboxylic acids is 2. The first-order valence-corrected chi connectivity index (χ1v) is 5.34. The van der Waals surface area contributed by atoms with Gasteiger partial charge in [0, 0.05) is 10.0 Å². The van der Waals surface area contributed by atoms with Crippen molar-refractivity contribution in [2.45, 2.75) is 0 Å². The number of fused-ring (bicyclic) bond motifs is 1. The molecular weight excluding hydrogens is 274 g/mol. The third-order valence-corrected chi connectivity index (χ3v) is 2.81. The summed E-state index contributed by atoms with van der Waals surface area (Å²) in [7, 11) is 0. The maximum Gasteiger partial charge on any atom is 0.262 e. The van der Waals surface area contributed by atoms with Gasteiger partial charge in [-0.25, -0.2) is 0 Å². The highest BCUT2D eigenvalue weighted by Crippen LogP contribution is 2.33. The molecule has 0 bridgehead atoms. The number of ether oxygens (including phenoxy) is 1. The van der Waals surface area contributed by atoms with Crippen LogP contribution in [0.15, 0.2) is 29.3 Å². The Morgan fingerprint density at radius 2 is 2.31 bits per heavy atom. The zero-order chi connectivity index (χ0) is 11.7. The summed E-state index contributed by atoms with van der Waals surface area (Å²) in [5.41, 5.74) is 1.02. The lowest BCUT2D eigenvalue weighted by Crippen LogP contribution is -2.25. The van der Waals surface area contributed by atoms with E-state index in [-0.39, 0.29) is 18.3 Å². The number of rotatable bonds is 2. The summed E-state index contributed by atoms with van der Waals surface area (Å²) < 4.78 is 5.81. The van der Waals surface area contributed by atoms with Crippen molar-refractivity contribution in [3.05, 3.63) is 34.8 Å². The summed E-state index contributed by atoms with van der Waals surface area (Å²) in [6, 6.07) is 3.23. The van der Waals surface area contributed by atoms with Crippen LogP contribution in [0.2, 0.25) is 0 Å². The molecular formula is C11H8BrNO3. The zero-order valence-electron chi connectivity index (χ0n) is 8.25. The summed E-state index contributed by atoms with van der Waals surface area (Å²) >= 11 is 3.26. The molecule has 0 aromatic heterocycles. The van der Waals surface area contributed by atoms with Crippen LogP contribution < -0.4 is 10.1 Å². The Labute approximate surface area is 100 Å². The predicted octanol–water partition coefficient (Wildman–Crippen LogP) is 2.15. The van der Waals surface area contributed by atoms with Crippen molar-refractivity contribution in [2.24, 2.45) is 0 Å². The molecule has 1 aromatic carbocycles. The van der Waals surface area contributed by atoms with Crippen molar-refractivity contribution in [3.8, 4) is 5.75 Å². The van der Waals surface area contributed by atoms with E-state index >= 15 is 0 Å². The maximum atomic E-state index is 11.5. The second kappa shape index (κ2) is 4.09. The van der Waals surface area contributed by atoms with Crippen LogP contribution in [0.5, 0.6) is 5.75 Å². The SMILES string of the molecule is C=CC(=O)c1cc2c(cc1Br)NC(=O)CO2. The van der Waals surface area contributed by atoms with Gasteiger partial charge < -0.3 is 10.1 Å². The molecule has 0 atom stereocenters. The van der Waals surface area contributed by atoms with Gasteiger partial charge in [0.05, 0.1) is 5.69 Å². The molecule has 16 heavy (non-hydrogen) atoms. The third-order valence-electron chi connectivity index (χ3n) is 2.15. The fraction of sp³-hybridized carbons (Fsp3) is 0.0909. The third kappa shape index (κ3) is 1.86. The topological polar surface area (TPSA) is 55.4 Å². The highest BCUT2D eigenvalue weighted by molar-refractivity contribution is 9.10. The zero-order valence-corrected chi connectivity index (χ0v) is 9.83. The highest BCUT2D eigenvalue weighted by atomic mass is 79.9. The fourth-order valence-corrected chi connectivity index (χ4v) is 1.94. The van der Waals surface area contributed by atoms with Crippen molar-refractivity contribution in [1.29, 1.82) is 0 Å². The van der Waals surface area contributed by atoms with Gasteiger partial charge in [0.25, 0.3) is 5.91 Å². The van der Waals surface area contributed by atoms with Crippen molar-refractivity contribution >= 4 is 33.3 Å². The van der Waals surface area contributed by atoms with Crippen LogP contribution in [-0.4, -0.2) is 18.3 Å². The van der Waals surface area contributed by atoms with E-state index in [1.807, 2.05) is 0 Å². The van der Waals surface area contributed by atoms with Gasteiger partial charge in [0.1, 0.15) is 5.75 Å². The molecule has 1 amide bonds. The molecule has 0 radical (unpaired) electrons. The molecule has 1 aliphatic rings. The Kier molecular flexibility index (Phi) is 2.78. The standard InChI is InChI=1S/C11H8BrNO3/c1-2-9(14)6-3-10-8(4-7(6)12)13-11(15)5-16-10/h2-4H,1,5H2,(H,13,15). The number of benzene rings is 1. The molecule has 0 aliphatic carbocycles. The van der Waals surface area contributed by atoms with Crippen molar-refractivity contribution < 1.29 is 14.3 Å². The van der Waals surface area contributed by atoms with Crippen molar-refractivity contribution in [1.82, 2.24) is 0 Å². The summed E-state index contributed by atoms with van der Waals surface area (Å²) in [6.45, 7) is 3.39. The molecule has 0 spiro atoms. The van der Waals surface area contributed by atoms with Gasteiger partial charge in [-0.1, -0.05) is 6.58 Å². The second-order valence-electron chi connectivity index (χ2n) is 3.23. The van der Waals surface area contributed by atoms with Crippen molar-refractivity contribution in [2.75, 3.05) is 11.9 Å². The molecule has 1 aromatic rings. The van der Waals surface area contributed by atoms with E-state index in [4.69, 9.17) is 4.74 Å². The van der Waals surface area contributed by atoms with Crippen LogP contribution >= 0.6 is 15.9 Å². The monoisotopic (exact) mass is 281 g/mol. The Morgan fingerprint density at radius 3 is 3.00 bits per heavy atom. The molecule has 82 valence electrons. The summed E-state index contributed by atoms with van der Waals surface area (Å²) in [5, 5.41) is 2.65. The van der Waals surface area contributed by atoms with E-state index < -0.39 is 0 Å². The molecule has 5 heteroatoms. The predicted molar refractivity (Wildman–Crippen MR) is 62.8 cm³/mol. The normalized spacial score (nSPS) is 13.4. The van der Waals surface area contributed by atoms with E-state index in [1.54, 1.807) is 12.1 Å². The largest absolute Gasteiger partial charge is 0.482 e. The highest BCUT2D eigenvalue weighted by Gasteiger charge is 2.19. The van der Waals surface area contributed by atoms with E-state index in [9.17, 15) is 9.59 Å². The number of hydrogen-bond acceptors (Lipinski definition) is 3. The minimum Gasteiger partial charge on any atom is -0.482 e. The van der Waals surface area contributed by atoms with Gasteiger partial charge in [0.15, 0.2) is 12.4 Å². The molecule has 1 N–H and O–H groups in total. The first-order valence-electron chi connectivity index (χ1n) is 4.55. The Balaban J connectivity index is 2.49. The van der Waals surface area contributed by atoms with E-state index in [2.05, 4.69) is 27.8 Å². The van der Waals surface area contributed by atoms with Crippen LogP contribution in [0.4, 0.5) is 5.69 Å². The lowest BCUT2D eigenvalue weighted by molar-refractivity contribution is -0.118. The first-order chi connectivity index (χ1) is 7.61. The first kappa shape index (κ1) is 10.9. The van der Waals surface area contributed by atoms with Gasteiger partial charge in [-0.15, -0.1) is 0 Å². The lowest BCUT2D eigenvalue weighted by Gasteiger charge is -2.18. The quantitative estimate of drug-likeness (QED) is 0.668. The van der Waals surface area contributed by atoms with Crippen LogP contribution in [0.25, 0.3) is 0 Å². The van der Waals surface area contributed by atoms with Gasteiger partial charge in [-0.2, -0.15) is 0 Å². The molecule has 0 fully saturated rings. The molecule has 0 saturated carbocycles. The van der Waals surface area contributed by atoms with E-state index in [0.717, 1.165) is 0 Å². The maximum absolute atomic E-state index is 11.5. The lowest BCUT2D eigenvalue weighted by atomic mass is 10.1.